The lowest BCUT2D eigenvalue weighted by Crippen LogP contribution is -2.28. The number of hydrogen-bond acceptors (Lipinski definition) is 3. The van der Waals surface area contributed by atoms with Gasteiger partial charge in [-0.15, -0.1) is 0 Å². The summed E-state index contributed by atoms with van der Waals surface area (Å²) in [6.07, 6.45) is 0.553. The van der Waals surface area contributed by atoms with Crippen LogP contribution in [-0.2, 0) is 4.79 Å². The van der Waals surface area contributed by atoms with E-state index in [1.165, 1.54) is 6.07 Å². The Hall–Kier alpha value is -1.76. The van der Waals surface area contributed by atoms with Crippen molar-refractivity contribution in [2.24, 2.45) is 11.7 Å². The van der Waals surface area contributed by atoms with Crippen LogP contribution in [0.4, 0.5) is 18.9 Å². The molecule has 1 aromatic rings. The Morgan fingerprint density at radius 2 is 2.16 bits per heavy atom. The topological polar surface area (TPSA) is 64.4 Å². The van der Waals surface area contributed by atoms with E-state index in [0.717, 1.165) is 12.1 Å². The Kier molecular flexibility index (Phi) is 5.62. The van der Waals surface area contributed by atoms with E-state index in [1.807, 2.05) is 0 Å². The minimum Gasteiger partial charge on any atom is -0.432 e. The maximum absolute atomic E-state index is 13.4. The fourth-order valence-corrected chi connectivity index (χ4v) is 1.47. The predicted octanol–water partition coefficient (Wildman–Crippen LogP) is 2.35. The fourth-order valence-electron chi connectivity index (χ4n) is 1.47. The lowest BCUT2D eigenvalue weighted by Gasteiger charge is -2.13. The van der Waals surface area contributed by atoms with Gasteiger partial charge in [0, 0.05) is 18.3 Å². The quantitative estimate of drug-likeness (QED) is 0.838. The van der Waals surface area contributed by atoms with Crippen LogP contribution >= 0.6 is 0 Å². The molecule has 0 radical (unpaired) electrons. The van der Waals surface area contributed by atoms with Crippen molar-refractivity contribution in [3.63, 3.8) is 0 Å². The van der Waals surface area contributed by atoms with Crippen LogP contribution in [0, 0.1) is 11.7 Å². The summed E-state index contributed by atoms with van der Waals surface area (Å²) in [7, 11) is 0. The molecule has 3 N–H and O–H groups in total. The summed E-state index contributed by atoms with van der Waals surface area (Å²) in [4.78, 5) is 11.7. The van der Waals surface area contributed by atoms with Crippen LogP contribution in [0.1, 0.15) is 13.3 Å². The van der Waals surface area contributed by atoms with Gasteiger partial charge < -0.3 is 15.8 Å². The Balaban J connectivity index is 2.75. The first-order valence-corrected chi connectivity index (χ1v) is 5.73. The van der Waals surface area contributed by atoms with Gasteiger partial charge in [-0.3, -0.25) is 4.79 Å². The molecule has 0 aliphatic rings. The van der Waals surface area contributed by atoms with Crippen LogP contribution in [0.2, 0.25) is 0 Å². The number of alkyl halides is 2. The molecule has 0 fully saturated rings. The zero-order chi connectivity index (χ0) is 14.4. The van der Waals surface area contributed by atoms with E-state index in [2.05, 4.69) is 10.1 Å². The van der Waals surface area contributed by atoms with Crippen molar-refractivity contribution >= 4 is 11.6 Å². The van der Waals surface area contributed by atoms with E-state index in [0.29, 0.717) is 6.42 Å². The average Bonchev–Trinajstić information content (AvgIpc) is 2.33. The number of halogens is 3. The van der Waals surface area contributed by atoms with Gasteiger partial charge in [0.2, 0.25) is 5.91 Å². The summed E-state index contributed by atoms with van der Waals surface area (Å²) in [5.74, 6) is -2.26. The Bertz CT molecular complexity index is 437. The van der Waals surface area contributed by atoms with Gasteiger partial charge in [0.25, 0.3) is 0 Å². The molecule has 1 aromatic carbocycles. The number of carbonyl (C=O) groups is 1. The van der Waals surface area contributed by atoms with Gasteiger partial charge in [0.15, 0.2) is 11.6 Å². The van der Waals surface area contributed by atoms with Crippen LogP contribution in [0.3, 0.4) is 0 Å². The lowest BCUT2D eigenvalue weighted by molar-refractivity contribution is -0.119. The Morgan fingerprint density at radius 1 is 1.47 bits per heavy atom. The second-order valence-corrected chi connectivity index (χ2v) is 3.85. The Labute approximate surface area is 108 Å². The summed E-state index contributed by atoms with van der Waals surface area (Å²) < 4.78 is 41.2. The van der Waals surface area contributed by atoms with Gasteiger partial charge in [-0.05, 0) is 18.6 Å². The van der Waals surface area contributed by atoms with Gasteiger partial charge in [-0.1, -0.05) is 6.92 Å². The van der Waals surface area contributed by atoms with E-state index in [-0.39, 0.29) is 24.1 Å². The lowest BCUT2D eigenvalue weighted by atomic mass is 10.1. The maximum atomic E-state index is 13.4. The number of ether oxygens (including phenoxy) is 1. The van der Waals surface area contributed by atoms with Crippen LogP contribution in [0.15, 0.2) is 18.2 Å². The van der Waals surface area contributed by atoms with E-state index < -0.39 is 18.2 Å². The minimum atomic E-state index is -3.10. The molecule has 0 aliphatic heterocycles. The van der Waals surface area contributed by atoms with Gasteiger partial charge in [-0.25, -0.2) is 4.39 Å². The fraction of sp³-hybridized carbons (Fsp3) is 0.417. The van der Waals surface area contributed by atoms with Gasteiger partial charge in [0.05, 0.1) is 5.92 Å². The molecule has 0 saturated heterocycles. The molecule has 106 valence electrons. The molecular formula is C12H15F3N2O2. The first-order valence-electron chi connectivity index (χ1n) is 5.73. The minimum absolute atomic E-state index is 0.163. The molecule has 0 aliphatic carbocycles. The number of hydrogen-bond donors (Lipinski definition) is 2. The molecule has 7 heteroatoms. The summed E-state index contributed by atoms with van der Waals surface area (Å²) in [5.41, 5.74) is 5.57. The number of nitrogens with two attached hydrogens (primary N) is 1. The number of benzene rings is 1. The van der Waals surface area contributed by atoms with Crippen molar-refractivity contribution in [3.05, 3.63) is 24.0 Å². The van der Waals surface area contributed by atoms with Crippen molar-refractivity contribution in [1.82, 2.24) is 0 Å². The number of amides is 1. The molecule has 0 aromatic heterocycles. The zero-order valence-corrected chi connectivity index (χ0v) is 10.3. The van der Waals surface area contributed by atoms with Crippen LogP contribution in [-0.4, -0.2) is 19.1 Å². The zero-order valence-electron chi connectivity index (χ0n) is 10.3. The first-order chi connectivity index (χ1) is 8.97. The standard InChI is InChI=1S/C12H15F3N2O2/c1-2-7(6-16)11(18)17-8-3-4-10(9(13)5-8)19-12(14)15/h3-5,7,12H,2,6,16H2,1H3,(H,17,18). The van der Waals surface area contributed by atoms with Crippen molar-refractivity contribution in [2.75, 3.05) is 11.9 Å². The predicted molar refractivity (Wildman–Crippen MR) is 64.5 cm³/mol. The monoisotopic (exact) mass is 276 g/mol. The second-order valence-electron chi connectivity index (χ2n) is 3.85. The normalized spacial score (nSPS) is 12.3. The van der Waals surface area contributed by atoms with Crippen molar-refractivity contribution in [3.8, 4) is 5.75 Å². The molecule has 1 rings (SSSR count). The van der Waals surface area contributed by atoms with E-state index in [9.17, 15) is 18.0 Å². The average molecular weight is 276 g/mol. The molecule has 0 heterocycles. The highest BCUT2D eigenvalue weighted by atomic mass is 19.3. The molecule has 4 nitrogen and oxygen atoms in total. The number of rotatable bonds is 6. The third-order valence-electron chi connectivity index (χ3n) is 2.56. The van der Waals surface area contributed by atoms with Crippen LogP contribution < -0.4 is 15.8 Å². The molecule has 1 atom stereocenters. The van der Waals surface area contributed by atoms with Gasteiger partial charge in [-0.2, -0.15) is 8.78 Å². The van der Waals surface area contributed by atoms with Crippen LogP contribution in [0.25, 0.3) is 0 Å². The molecule has 1 unspecified atom stereocenters. The van der Waals surface area contributed by atoms with Crippen LogP contribution in [0.5, 0.6) is 5.75 Å². The third-order valence-corrected chi connectivity index (χ3v) is 2.56. The van der Waals surface area contributed by atoms with E-state index in [4.69, 9.17) is 5.73 Å². The van der Waals surface area contributed by atoms with E-state index in [1.54, 1.807) is 6.92 Å². The molecule has 0 saturated carbocycles. The molecule has 0 bridgehead atoms. The van der Waals surface area contributed by atoms with Crippen molar-refractivity contribution in [2.45, 2.75) is 20.0 Å². The summed E-state index contributed by atoms with van der Waals surface area (Å²) in [6.45, 7) is -1.12. The Morgan fingerprint density at radius 3 is 2.63 bits per heavy atom. The van der Waals surface area contributed by atoms with E-state index >= 15 is 0 Å². The first kappa shape index (κ1) is 15.3. The van der Waals surface area contributed by atoms with Gasteiger partial charge in [0.1, 0.15) is 0 Å². The molecule has 1 amide bonds. The largest absolute Gasteiger partial charge is 0.432 e. The van der Waals surface area contributed by atoms with Crippen molar-refractivity contribution in [1.29, 1.82) is 0 Å². The number of carbonyl (C=O) groups excluding carboxylic acids is 1. The van der Waals surface area contributed by atoms with Gasteiger partial charge >= 0.3 is 6.61 Å². The smallest absolute Gasteiger partial charge is 0.387 e. The van der Waals surface area contributed by atoms with Crippen molar-refractivity contribution < 1.29 is 22.7 Å². The number of anilines is 1. The SMILES string of the molecule is CCC(CN)C(=O)Nc1ccc(OC(F)F)c(F)c1. The highest BCUT2D eigenvalue weighted by Crippen LogP contribution is 2.23. The maximum Gasteiger partial charge on any atom is 0.387 e. The highest BCUT2D eigenvalue weighted by Gasteiger charge is 2.16. The molecule has 0 spiro atoms. The molecule has 19 heavy (non-hydrogen) atoms. The second kappa shape index (κ2) is 6.98. The summed E-state index contributed by atoms with van der Waals surface area (Å²) in [6, 6.07) is 3.22. The number of nitrogens with one attached hydrogen (secondary N) is 1. The molecular weight excluding hydrogens is 261 g/mol. The highest BCUT2D eigenvalue weighted by molar-refractivity contribution is 5.92. The summed E-state index contributed by atoms with van der Waals surface area (Å²) in [5, 5.41) is 2.46. The summed E-state index contributed by atoms with van der Waals surface area (Å²) >= 11 is 0. The third kappa shape index (κ3) is 4.44.